The van der Waals surface area contributed by atoms with E-state index in [4.69, 9.17) is 16.2 Å². The Labute approximate surface area is 73.2 Å². The summed E-state index contributed by atoms with van der Waals surface area (Å²) in [5, 5.41) is 0. The van der Waals surface area contributed by atoms with Crippen molar-refractivity contribution >= 4 is 6.09 Å². The van der Waals surface area contributed by atoms with E-state index in [-0.39, 0.29) is 5.54 Å². The summed E-state index contributed by atoms with van der Waals surface area (Å²) in [7, 11) is 0. The molecule has 0 spiro atoms. The first-order valence-corrected chi connectivity index (χ1v) is 3.90. The van der Waals surface area contributed by atoms with E-state index >= 15 is 0 Å². The van der Waals surface area contributed by atoms with Gasteiger partial charge in [-0.2, -0.15) is 0 Å². The Balaban J connectivity index is 4.13. The van der Waals surface area contributed by atoms with E-state index in [1.807, 2.05) is 13.8 Å². The van der Waals surface area contributed by atoms with Gasteiger partial charge in [0.25, 0.3) is 0 Å². The Bertz CT molecular complexity index is 170. The summed E-state index contributed by atoms with van der Waals surface area (Å²) in [5.41, 5.74) is 9.71. The minimum absolute atomic E-state index is 0.362. The molecule has 0 bridgehead atoms. The van der Waals surface area contributed by atoms with Crippen molar-refractivity contribution < 1.29 is 9.53 Å². The molecule has 72 valence electrons. The third-order valence-corrected chi connectivity index (χ3v) is 1.26. The van der Waals surface area contributed by atoms with Crippen LogP contribution in [0.5, 0.6) is 0 Å². The van der Waals surface area contributed by atoms with E-state index in [0.29, 0.717) is 6.42 Å². The highest BCUT2D eigenvalue weighted by molar-refractivity contribution is 5.65. The number of hydrogen-bond donors (Lipinski definition) is 2. The van der Waals surface area contributed by atoms with Crippen molar-refractivity contribution in [3.63, 3.8) is 0 Å². The van der Waals surface area contributed by atoms with Crippen LogP contribution in [0.4, 0.5) is 4.79 Å². The van der Waals surface area contributed by atoms with Crippen LogP contribution in [0.2, 0.25) is 0 Å². The number of hydrogen-bond acceptors (Lipinski definition) is 3. The standard InChI is InChI=1S/C8H18N2O2/c1-7(2,10)5-8(3,4)12-6(9)11/h5,10H2,1-4H3,(H2,9,11). The number of primary amides is 1. The van der Waals surface area contributed by atoms with E-state index in [1.165, 1.54) is 0 Å². The molecule has 4 nitrogen and oxygen atoms in total. The van der Waals surface area contributed by atoms with Crippen LogP contribution < -0.4 is 11.5 Å². The van der Waals surface area contributed by atoms with Crippen LogP contribution in [0.1, 0.15) is 34.1 Å². The Morgan fingerprint density at radius 2 is 1.75 bits per heavy atom. The topological polar surface area (TPSA) is 78.3 Å². The molecule has 0 unspecified atom stereocenters. The average Bonchev–Trinajstić information content (AvgIpc) is 1.48. The molecule has 0 fully saturated rings. The smallest absolute Gasteiger partial charge is 0.405 e. The monoisotopic (exact) mass is 174 g/mol. The summed E-state index contributed by atoms with van der Waals surface area (Å²) in [6, 6.07) is 0. The van der Waals surface area contributed by atoms with Crippen molar-refractivity contribution in [1.82, 2.24) is 0 Å². The highest BCUT2D eigenvalue weighted by Crippen LogP contribution is 2.21. The van der Waals surface area contributed by atoms with E-state index < -0.39 is 11.7 Å². The van der Waals surface area contributed by atoms with E-state index in [1.54, 1.807) is 13.8 Å². The molecule has 0 aromatic carbocycles. The third kappa shape index (κ3) is 5.97. The lowest BCUT2D eigenvalue weighted by Crippen LogP contribution is -2.43. The summed E-state index contributed by atoms with van der Waals surface area (Å²) in [4.78, 5) is 10.5. The molecule has 4 N–H and O–H groups in total. The zero-order chi connectivity index (χ0) is 9.99. The van der Waals surface area contributed by atoms with Gasteiger partial charge in [0.05, 0.1) is 0 Å². The molecule has 4 heteroatoms. The van der Waals surface area contributed by atoms with Gasteiger partial charge in [0.15, 0.2) is 0 Å². The number of rotatable bonds is 3. The molecule has 0 aromatic heterocycles. The number of amides is 1. The van der Waals surface area contributed by atoms with Gasteiger partial charge in [-0.25, -0.2) is 4.79 Å². The molecule has 0 radical (unpaired) electrons. The Morgan fingerprint density at radius 3 is 2.00 bits per heavy atom. The molecule has 12 heavy (non-hydrogen) atoms. The van der Waals surface area contributed by atoms with Crippen LogP contribution in [0, 0.1) is 0 Å². The molecule has 0 aliphatic heterocycles. The summed E-state index contributed by atoms with van der Waals surface area (Å²) >= 11 is 0. The summed E-state index contributed by atoms with van der Waals surface area (Å²) in [5.74, 6) is 0. The van der Waals surface area contributed by atoms with Crippen molar-refractivity contribution in [3.8, 4) is 0 Å². The molecule has 0 atom stereocenters. The van der Waals surface area contributed by atoms with Gasteiger partial charge in [-0.3, -0.25) is 0 Å². The number of carbonyl (C=O) groups excluding carboxylic acids is 1. The molecule has 0 saturated carbocycles. The Hall–Kier alpha value is -0.770. The second-order valence-electron chi connectivity index (χ2n) is 4.35. The molecule has 0 aliphatic carbocycles. The molecule has 0 rings (SSSR count). The minimum atomic E-state index is -0.760. The molecule has 0 aromatic rings. The second kappa shape index (κ2) is 3.31. The minimum Gasteiger partial charge on any atom is -0.444 e. The van der Waals surface area contributed by atoms with Crippen LogP contribution in [-0.2, 0) is 4.74 Å². The van der Waals surface area contributed by atoms with Crippen molar-refractivity contribution in [3.05, 3.63) is 0 Å². The molecule has 0 saturated heterocycles. The van der Waals surface area contributed by atoms with Crippen LogP contribution in [0.3, 0.4) is 0 Å². The molecular formula is C8H18N2O2. The molecule has 0 heterocycles. The fraction of sp³-hybridized carbons (Fsp3) is 0.875. The van der Waals surface area contributed by atoms with Gasteiger partial charge >= 0.3 is 6.09 Å². The maximum Gasteiger partial charge on any atom is 0.405 e. The van der Waals surface area contributed by atoms with Crippen molar-refractivity contribution in [1.29, 1.82) is 0 Å². The Kier molecular flexibility index (Phi) is 3.10. The quantitative estimate of drug-likeness (QED) is 0.669. The van der Waals surface area contributed by atoms with Crippen molar-refractivity contribution in [2.45, 2.75) is 45.3 Å². The summed E-state index contributed by atoms with van der Waals surface area (Å²) in [6.07, 6.45) is -0.188. The van der Waals surface area contributed by atoms with Gasteiger partial charge in [0.1, 0.15) is 5.60 Å². The van der Waals surface area contributed by atoms with Crippen LogP contribution in [0.15, 0.2) is 0 Å². The first kappa shape index (κ1) is 11.2. The van der Waals surface area contributed by atoms with Gasteiger partial charge in [0, 0.05) is 12.0 Å². The predicted octanol–water partition coefficient (Wildman–Crippen LogP) is 0.988. The normalized spacial score (nSPS) is 12.8. The zero-order valence-corrected chi connectivity index (χ0v) is 8.18. The maximum absolute atomic E-state index is 10.5. The van der Waals surface area contributed by atoms with Crippen LogP contribution in [-0.4, -0.2) is 17.2 Å². The third-order valence-electron chi connectivity index (χ3n) is 1.26. The Morgan fingerprint density at radius 1 is 1.33 bits per heavy atom. The number of nitrogens with two attached hydrogens (primary N) is 2. The molecule has 1 amide bonds. The van der Waals surface area contributed by atoms with E-state index in [0.717, 1.165) is 0 Å². The fourth-order valence-corrected chi connectivity index (χ4v) is 1.41. The number of ether oxygens (including phenoxy) is 1. The van der Waals surface area contributed by atoms with Crippen LogP contribution >= 0.6 is 0 Å². The van der Waals surface area contributed by atoms with Crippen LogP contribution in [0.25, 0.3) is 0 Å². The van der Waals surface area contributed by atoms with Crippen molar-refractivity contribution in [2.24, 2.45) is 11.5 Å². The first-order valence-electron chi connectivity index (χ1n) is 3.90. The number of carbonyl (C=O) groups is 1. The van der Waals surface area contributed by atoms with E-state index in [2.05, 4.69) is 0 Å². The lowest BCUT2D eigenvalue weighted by Gasteiger charge is -2.31. The zero-order valence-electron chi connectivity index (χ0n) is 8.18. The lowest BCUT2D eigenvalue weighted by atomic mass is 9.90. The van der Waals surface area contributed by atoms with Gasteiger partial charge in [0.2, 0.25) is 0 Å². The lowest BCUT2D eigenvalue weighted by molar-refractivity contribution is 0.0260. The second-order valence-corrected chi connectivity index (χ2v) is 4.35. The van der Waals surface area contributed by atoms with Gasteiger partial charge in [-0.05, 0) is 27.7 Å². The highest BCUT2D eigenvalue weighted by atomic mass is 16.6. The van der Waals surface area contributed by atoms with Gasteiger partial charge < -0.3 is 16.2 Å². The van der Waals surface area contributed by atoms with Crippen molar-refractivity contribution in [2.75, 3.05) is 0 Å². The summed E-state index contributed by atoms with van der Waals surface area (Å²) < 4.78 is 4.87. The highest BCUT2D eigenvalue weighted by Gasteiger charge is 2.28. The van der Waals surface area contributed by atoms with Gasteiger partial charge in [-0.1, -0.05) is 0 Å². The first-order chi connectivity index (χ1) is 5.12. The molecule has 0 aliphatic rings. The maximum atomic E-state index is 10.5. The van der Waals surface area contributed by atoms with Gasteiger partial charge in [-0.15, -0.1) is 0 Å². The average molecular weight is 174 g/mol. The SMILES string of the molecule is CC(C)(N)CC(C)(C)OC(N)=O. The largest absolute Gasteiger partial charge is 0.444 e. The van der Waals surface area contributed by atoms with E-state index in [9.17, 15) is 4.79 Å². The predicted molar refractivity (Wildman–Crippen MR) is 47.6 cm³/mol. The summed E-state index contributed by atoms with van der Waals surface area (Å²) in [6.45, 7) is 7.32. The fourth-order valence-electron chi connectivity index (χ4n) is 1.41. The molecular weight excluding hydrogens is 156 g/mol.